The van der Waals surface area contributed by atoms with Gasteiger partial charge in [-0.2, -0.15) is 0 Å². The zero-order valence-electron chi connectivity index (χ0n) is 13.6. The molecule has 0 aromatic heterocycles. The van der Waals surface area contributed by atoms with Crippen molar-refractivity contribution in [2.24, 2.45) is 11.5 Å². The zero-order chi connectivity index (χ0) is 18.8. The van der Waals surface area contributed by atoms with Gasteiger partial charge in [-0.25, -0.2) is 0 Å². The van der Waals surface area contributed by atoms with Gasteiger partial charge in [0.25, 0.3) is 0 Å². The molecule has 0 heterocycles. The van der Waals surface area contributed by atoms with Crippen LogP contribution in [0, 0.1) is 0 Å². The number of benzene rings is 1. The van der Waals surface area contributed by atoms with Crippen LogP contribution in [0.1, 0.15) is 18.4 Å². The third kappa shape index (κ3) is 7.93. The second-order valence-electron chi connectivity index (χ2n) is 5.47. The fourth-order valence-corrected chi connectivity index (χ4v) is 2.05. The normalized spacial score (nSPS) is 12.7. The van der Waals surface area contributed by atoms with Crippen LogP contribution in [0.3, 0.4) is 0 Å². The monoisotopic (exact) mass is 350 g/mol. The second kappa shape index (κ2) is 10.0. The van der Waals surface area contributed by atoms with Crippen molar-refractivity contribution >= 4 is 23.7 Å². The Labute approximate surface area is 144 Å². The van der Waals surface area contributed by atoms with Crippen LogP contribution in [-0.4, -0.2) is 47.4 Å². The van der Waals surface area contributed by atoms with Gasteiger partial charge < -0.3 is 27.2 Å². The Morgan fingerprint density at radius 2 is 1.72 bits per heavy atom. The van der Waals surface area contributed by atoms with Gasteiger partial charge in [-0.05, 0) is 12.0 Å². The Morgan fingerprint density at radius 1 is 1.08 bits per heavy atom. The van der Waals surface area contributed by atoms with Crippen molar-refractivity contribution in [2.75, 3.05) is 6.54 Å². The highest BCUT2D eigenvalue weighted by atomic mass is 16.4. The summed E-state index contributed by atoms with van der Waals surface area (Å²) in [5.41, 5.74) is 11.5. The summed E-state index contributed by atoms with van der Waals surface area (Å²) < 4.78 is 0. The predicted molar refractivity (Wildman–Crippen MR) is 89.1 cm³/mol. The Hall–Kier alpha value is -2.94. The first-order valence-corrected chi connectivity index (χ1v) is 7.67. The van der Waals surface area contributed by atoms with Gasteiger partial charge in [0.15, 0.2) is 0 Å². The van der Waals surface area contributed by atoms with E-state index in [1.54, 1.807) is 30.3 Å². The summed E-state index contributed by atoms with van der Waals surface area (Å²) in [5, 5.41) is 13.4. The molecular formula is C16H22N4O5. The maximum absolute atomic E-state index is 12.2. The average Bonchev–Trinajstić information content (AvgIpc) is 2.57. The molecular weight excluding hydrogens is 328 g/mol. The van der Waals surface area contributed by atoms with Crippen LogP contribution in [0.2, 0.25) is 0 Å². The van der Waals surface area contributed by atoms with Crippen LogP contribution < -0.4 is 22.1 Å². The van der Waals surface area contributed by atoms with Gasteiger partial charge in [0.1, 0.15) is 12.6 Å². The van der Waals surface area contributed by atoms with Crippen molar-refractivity contribution < 1.29 is 24.3 Å². The van der Waals surface area contributed by atoms with Gasteiger partial charge >= 0.3 is 5.97 Å². The molecule has 2 atom stereocenters. The SMILES string of the molecule is NC(=O)CCC(N)C(=O)NC(Cc1ccccc1)C(=O)NCC(=O)O. The minimum absolute atomic E-state index is 0.0516. The zero-order valence-corrected chi connectivity index (χ0v) is 13.6. The number of hydrogen-bond acceptors (Lipinski definition) is 5. The number of carbonyl (C=O) groups is 4. The molecule has 0 aliphatic rings. The lowest BCUT2D eigenvalue weighted by molar-refractivity contribution is -0.138. The highest BCUT2D eigenvalue weighted by Gasteiger charge is 2.24. The molecule has 7 N–H and O–H groups in total. The quantitative estimate of drug-likeness (QED) is 0.345. The minimum Gasteiger partial charge on any atom is -0.480 e. The smallest absolute Gasteiger partial charge is 0.322 e. The summed E-state index contributed by atoms with van der Waals surface area (Å²) in [4.78, 5) is 45.6. The first kappa shape index (κ1) is 20.1. The van der Waals surface area contributed by atoms with Gasteiger partial charge in [0.05, 0.1) is 6.04 Å². The van der Waals surface area contributed by atoms with Crippen molar-refractivity contribution in [3.63, 3.8) is 0 Å². The minimum atomic E-state index is -1.20. The molecule has 9 heteroatoms. The lowest BCUT2D eigenvalue weighted by Gasteiger charge is -2.20. The number of nitrogens with one attached hydrogen (secondary N) is 2. The highest BCUT2D eigenvalue weighted by molar-refractivity contribution is 5.91. The Morgan fingerprint density at radius 3 is 2.28 bits per heavy atom. The number of rotatable bonds is 10. The summed E-state index contributed by atoms with van der Waals surface area (Å²) in [6, 6.07) is 6.92. The van der Waals surface area contributed by atoms with E-state index in [4.69, 9.17) is 16.6 Å². The summed E-state index contributed by atoms with van der Waals surface area (Å²) in [6.45, 7) is -0.562. The number of nitrogens with two attached hydrogens (primary N) is 2. The van der Waals surface area contributed by atoms with Crippen molar-refractivity contribution in [1.82, 2.24) is 10.6 Å². The van der Waals surface area contributed by atoms with E-state index in [0.29, 0.717) is 0 Å². The van der Waals surface area contributed by atoms with E-state index in [1.807, 2.05) is 0 Å². The number of carboxylic acids is 1. The second-order valence-corrected chi connectivity index (χ2v) is 5.47. The van der Waals surface area contributed by atoms with Gasteiger partial charge in [-0.1, -0.05) is 30.3 Å². The fourth-order valence-electron chi connectivity index (χ4n) is 2.05. The molecule has 0 aliphatic heterocycles. The Bertz CT molecular complexity index is 620. The molecule has 3 amide bonds. The summed E-state index contributed by atoms with van der Waals surface area (Å²) in [6.07, 6.45) is 0.166. The van der Waals surface area contributed by atoms with Crippen molar-refractivity contribution in [3.8, 4) is 0 Å². The number of amides is 3. The molecule has 136 valence electrons. The van der Waals surface area contributed by atoms with Crippen molar-refractivity contribution in [2.45, 2.75) is 31.3 Å². The van der Waals surface area contributed by atoms with Crippen molar-refractivity contribution in [3.05, 3.63) is 35.9 Å². The fraction of sp³-hybridized carbons (Fsp3) is 0.375. The average molecular weight is 350 g/mol. The number of carbonyl (C=O) groups excluding carboxylic acids is 3. The van der Waals surface area contributed by atoms with E-state index in [2.05, 4.69) is 10.6 Å². The van der Waals surface area contributed by atoms with E-state index in [-0.39, 0.29) is 19.3 Å². The summed E-state index contributed by atoms with van der Waals surface area (Å²) in [7, 11) is 0. The lowest BCUT2D eigenvalue weighted by Crippen LogP contribution is -2.53. The molecule has 0 aliphatic carbocycles. The van der Waals surface area contributed by atoms with Crippen LogP contribution >= 0.6 is 0 Å². The molecule has 0 bridgehead atoms. The highest BCUT2D eigenvalue weighted by Crippen LogP contribution is 2.04. The van der Waals surface area contributed by atoms with Crippen LogP contribution in [0.15, 0.2) is 30.3 Å². The molecule has 0 spiro atoms. The first-order chi connectivity index (χ1) is 11.8. The van der Waals surface area contributed by atoms with E-state index >= 15 is 0 Å². The number of carboxylic acid groups (broad SMARTS) is 1. The molecule has 0 saturated heterocycles. The van der Waals surface area contributed by atoms with Gasteiger partial charge in [-0.15, -0.1) is 0 Å². The molecule has 0 saturated carbocycles. The largest absolute Gasteiger partial charge is 0.480 e. The number of hydrogen-bond donors (Lipinski definition) is 5. The Balaban J connectivity index is 2.75. The van der Waals surface area contributed by atoms with Crippen LogP contribution in [-0.2, 0) is 25.6 Å². The molecule has 25 heavy (non-hydrogen) atoms. The van der Waals surface area contributed by atoms with E-state index in [1.165, 1.54) is 0 Å². The molecule has 1 aromatic rings. The number of primary amides is 1. The van der Waals surface area contributed by atoms with Gasteiger partial charge in [-0.3, -0.25) is 19.2 Å². The van der Waals surface area contributed by atoms with E-state index in [9.17, 15) is 19.2 Å². The first-order valence-electron chi connectivity index (χ1n) is 7.67. The molecule has 1 aromatic carbocycles. The lowest BCUT2D eigenvalue weighted by atomic mass is 10.0. The number of aliphatic carboxylic acids is 1. The van der Waals surface area contributed by atoms with Gasteiger partial charge in [0, 0.05) is 12.8 Å². The molecule has 1 rings (SSSR count). The molecule has 0 radical (unpaired) electrons. The predicted octanol–water partition coefficient (Wildman–Crippen LogP) is -1.49. The standard InChI is InChI=1S/C16H22N4O5/c17-11(6-7-13(18)21)15(24)20-12(16(25)19-9-14(22)23)8-10-4-2-1-3-5-10/h1-5,11-12H,6-9,17H2,(H2,18,21)(H,19,25)(H,20,24)(H,22,23). The Kier molecular flexibility index (Phi) is 8.07. The molecule has 9 nitrogen and oxygen atoms in total. The van der Waals surface area contributed by atoms with Crippen LogP contribution in [0.25, 0.3) is 0 Å². The maximum Gasteiger partial charge on any atom is 0.322 e. The molecule has 0 fully saturated rings. The van der Waals surface area contributed by atoms with Crippen molar-refractivity contribution in [1.29, 1.82) is 0 Å². The maximum atomic E-state index is 12.2. The third-order valence-electron chi connectivity index (χ3n) is 3.37. The summed E-state index contributed by atoms with van der Waals surface area (Å²) >= 11 is 0. The topological polar surface area (TPSA) is 165 Å². The van der Waals surface area contributed by atoms with Gasteiger partial charge in [0.2, 0.25) is 17.7 Å². The molecule has 2 unspecified atom stereocenters. The van der Waals surface area contributed by atoms with E-state index in [0.717, 1.165) is 5.56 Å². The van der Waals surface area contributed by atoms with E-state index < -0.39 is 42.3 Å². The van der Waals surface area contributed by atoms with Crippen LogP contribution in [0.5, 0.6) is 0 Å². The van der Waals surface area contributed by atoms with Crippen LogP contribution in [0.4, 0.5) is 0 Å². The summed E-state index contributed by atoms with van der Waals surface area (Å²) in [5.74, 6) is -3.03. The third-order valence-corrected chi connectivity index (χ3v) is 3.37.